The van der Waals surface area contributed by atoms with Crippen LogP contribution in [0.2, 0.25) is 0 Å². The van der Waals surface area contributed by atoms with Gasteiger partial charge in [0.05, 0.1) is 11.6 Å². The van der Waals surface area contributed by atoms with Gasteiger partial charge in [-0.25, -0.2) is 0 Å². The molecule has 1 aromatic carbocycles. The van der Waals surface area contributed by atoms with Gasteiger partial charge in [-0.05, 0) is 44.4 Å². The van der Waals surface area contributed by atoms with Gasteiger partial charge in [0, 0.05) is 29.9 Å². The van der Waals surface area contributed by atoms with Gasteiger partial charge in [0.2, 0.25) is 5.71 Å². The third-order valence-corrected chi connectivity index (χ3v) is 6.24. The summed E-state index contributed by atoms with van der Waals surface area (Å²) in [6.07, 6.45) is 7.17. The highest BCUT2D eigenvalue weighted by molar-refractivity contribution is 5.85. The molecule has 1 spiro atoms. The van der Waals surface area contributed by atoms with Gasteiger partial charge in [-0.2, -0.15) is 0 Å². The first-order valence-corrected chi connectivity index (χ1v) is 9.07. The molecule has 3 nitrogen and oxygen atoms in total. The van der Waals surface area contributed by atoms with E-state index in [0.29, 0.717) is 0 Å². The Hall–Kier alpha value is -2.16. The second-order valence-electron chi connectivity index (χ2n) is 7.56. The Bertz CT molecular complexity index is 927. The number of para-hydroxylation sites is 1. The molecule has 2 aromatic heterocycles. The molecule has 3 heteroatoms. The zero-order valence-corrected chi connectivity index (χ0v) is 14.7. The number of fused-ring (bicyclic) bond motifs is 4. The number of rotatable bonds is 1. The number of benzene rings is 1. The lowest BCUT2D eigenvalue weighted by Gasteiger charge is -2.41. The molecule has 1 aliphatic heterocycles. The molecule has 124 valence electrons. The van der Waals surface area contributed by atoms with Crippen molar-refractivity contribution in [3.05, 3.63) is 53.4 Å². The fourth-order valence-corrected chi connectivity index (χ4v) is 5.23. The number of nitrogens with zero attached hydrogens (tertiary/aromatic N) is 2. The molecule has 2 aliphatic rings. The molecule has 3 heterocycles. The topological polar surface area (TPSA) is 21.3 Å². The quantitative estimate of drug-likeness (QED) is 0.596. The van der Waals surface area contributed by atoms with Crippen molar-refractivity contribution >= 4 is 16.8 Å². The van der Waals surface area contributed by atoms with E-state index < -0.39 is 0 Å². The second kappa shape index (κ2) is 4.69. The fraction of sp³-hybridized carbons (Fsp3) is 0.429. The monoisotopic (exact) mass is 320 g/mol. The van der Waals surface area contributed by atoms with Crippen LogP contribution in [-0.2, 0) is 12.6 Å². The van der Waals surface area contributed by atoms with Crippen LogP contribution in [0.5, 0.6) is 0 Å². The molecule has 0 saturated heterocycles. The van der Waals surface area contributed by atoms with Crippen LogP contribution in [0, 0.1) is 6.92 Å². The predicted octanol–water partition coefficient (Wildman–Crippen LogP) is 5.43. The van der Waals surface area contributed by atoms with E-state index in [4.69, 9.17) is 4.42 Å². The minimum Gasteiger partial charge on any atom is -0.442 e. The van der Waals surface area contributed by atoms with Crippen LogP contribution >= 0.6 is 0 Å². The van der Waals surface area contributed by atoms with E-state index >= 15 is 0 Å². The number of anilines is 1. The lowest BCUT2D eigenvalue weighted by molar-refractivity contribution is 0.409. The van der Waals surface area contributed by atoms with Crippen LogP contribution in [0.1, 0.15) is 55.5 Å². The molecule has 24 heavy (non-hydrogen) atoms. The maximum absolute atomic E-state index is 6.39. The Morgan fingerprint density at radius 3 is 2.62 bits per heavy atom. The van der Waals surface area contributed by atoms with Crippen LogP contribution in [0.15, 0.2) is 40.9 Å². The number of furan rings is 1. The molecule has 1 unspecified atom stereocenters. The van der Waals surface area contributed by atoms with Crippen LogP contribution in [0.25, 0.3) is 11.1 Å². The summed E-state index contributed by atoms with van der Waals surface area (Å²) in [4.78, 5) is 2.66. The summed E-state index contributed by atoms with van der Waals surface area (Å²) in [5.74, 6) is 1.18. The number of aryl methyl sites for hydroxylation is 2. The van der Waals surface area contributed by atoms with Crippen LogP contribution in [0.3, 0.4) is 0 Å². The zero-order chi connectivity index (χ0) is 16.5. The molecule has 1 atom stereocenters. The highest BCUT2D eigenvalue weighted by atomic mass is 16.4. The maximum Gasteiger partial charge on any atom is 0.207 e. The summed E-state index contributed by atoms with van der Waals surface area (Å²) in [7, 11) is 2.08. The summed E-state index contributed by atoms with van der Waals surface area (Å²) in [6, 6.07) is 11.3. The van der Waals surface area contributed by atoms with Gasteiger partial charge in [0.25, 0.3) is 0 Å². The number of aromatic nitrogens is 1. The highest BCUT2D eigenvalue weighted by Crippen LogP contribution is 2.59. The zero-order valence-electron chi connectivity index (χ0n) is 14.7. The molecular formula is C21H24N2O. The summed E-state index contributed by atoms with van der Waals surface area (Å²) in [5, 5.41) is 1.32. The molecule has 0 N–H and O–H groups in total. The summed E-state index contributed by atoms with van der Waals surface area (Å²) < 4.78 is 8.51. The maximum atomic E-state index is 6.39. The second-order valence-corrected chi connectivity index (χ2v) is 7.56. The molecule has 1 saturated carbocycles. The van der Waals surface area contributed by atoms with E-state index in [1.807, 2.05) is 0 Å². The lowest BCUT2D eigenvalue weighted by Crippen LogP contribution is -2.40. The Labute approximate surface area is 142 Å². The third-order valence-electron chi connectivity index (χ3n) is 6.24. The van der Waals surface area contributed by atoms with E-state index in [9.17, 15) is 0 Å². The van der Waals surface area contributed by atoms with Crippen molar-refractivity contribution < 1.29 is 4.42 Å². The highest BCUT2D eigenvalue weighted by Gasteiger charge is 2.54. The van der Waals surface area contributed by atoms with Crippen LogP contribution < -0.4 is 4.90 Å². The number of hydrogen-bond acceptors (Lipinski definition) is 2. The van der Waals surface area contributed by atoms with E-state index in [-0.39, 0.29) is 11.6 Å². The van der Waals surface area contributed by atoms with Crippen molar-refractivity contribution in [1.82, 2.24) is 4.57 Å². The van der Waals surface area contributed by atoms with Crippen LogP contribution in [-0.4, -0.2) is 4.57 Å². The average molecular weight is 320 g/mol. The van der Waals surface area contributed by atoms with Gasteiger partial charge in [0.15, 0.2) is 0 Å². The number of hydrogen-bond donors (Lipinski definition) is 0. The third kappa shape index (κ3) is 1.58. The summed E-state index contributed by atoms with van der Waals surface area (Å²) >= 11 is 0. The minimum atomic E-state index is 0.105. The molecule has 0 radical (unpaired) electrons. The van der Waals surface area contributed by atoms with Gasteiger partial charge in [-0.1, -0.05) is 31.0 Å². The smallest absolute Gasteiger partial charge is 0.207 e. The SMILES string of the molecule is Cc1ccccc1N1C(C)c2oc3c(ccn3C)c2C12CCCC2. The predicted molar refractivity (Wildman–Crippen MR) is 97.4 cm³/mol. The lowest BCUT2D eigenvalue weighted by atomic mass is 9.88. The Morgan fingerprint density at radius 1 is 1.12 bits per heavy atom. The van der Waals surface area contributed by atoms with Crippen molar-refractivity contribution in [1.29, 1.82) is 0 Å². The first-order chi connectivity index (χ1) is 11.6. The van der Waals surface area contributed by atoms with Crippen molar-refractivity contribution in [2.45, 2.75) is 51.1 Å². The largest absolute Gasteiger partial charge is 0.442 e. The Balaban J connectivity index is 1.79. The van der Waals surface area contributed by atoms with Gasteiger partial charge < -0.3 is 13.9 Å². The first-order valence-electron chi connectivity index (χ1n) is 9.07. The fourth-order valence-electron chi connectivity index (χ4n) is 5.23. The van der Waals surface area contributed by atoms with Gasteiger partial charge in [0.1, 0.15) is 5.76 Å². The molecule has 1 fully saturated rings. The van der Waals surface area contributed by atoms with E-state index in [1.54, 1.807) is 0 Å². The minimum absolute atomic E-state index is 0.105. The molecule has 1 aliphatic carbocycles. The van der Waals surface area contributed by atoms with Gasteiger partial charge >= 0.3 is 0 Å². The molecule has 0 bridgehead atoms. The summed E-state index contributed by atoms with van der Waals surface area (Å²) in [6.45, 7) is 4.53. The van der Waals surface area contributed by atoms with Crippen molar-refractivity contribution in [3.63, 3.8) is 0 Å². The standard InChI is InChI=1S/C21H24N2O/c1-14-8-4-5-9-17(14)23-15(2)19-18(21(23)11-6-7-12-21)16-10-13-22(3)20(16)24-19/h4-5,8-10,13,15H,6-7,11-12H2,1-3H3. The first kappa shape index (κ1) is 14.2. The van der Waals surface area contributed by atoms with Crippen LogP contribution in [0.4, 0.5) is 5.69 Å². The Morgan fingerprint density at radius 2 is 1.88 bits per heavy atom. The summed E-state index contributed by atoms with van der Waals surface area (Å²) in [5.41, 5.74) is 5.31. The molecular weight excluding hydrogens is 296 g/mol. The Kier molecular flexibility index (Phi) is 2.77. The van der Waals surface area contributed by atoms with E-state index in [1.165, 1.54) is 53.6 Å². The van der Waals surface area contributed by atoms with E-state index in [0.717, 1.165) is 5.71 Å². The van der Waals surface area contributed by atoms with Crippen molar-refractivity contribution in [2.75, 3.05) is 4.90 Å². The van der Waals surface area contributed by atoms with Crippen molar-refractivity contribution in [2.24, 2.45) is 7.05 Å². The van der Waals surface area contributed by atoms with E-state index in [2.05, 4.69) is 66.9 Å². The van der Waals surface area contributed by atoms with Crippen molar-refractivity contribution in [3.8, 4) is 0 Å². The average Bonchev–Trinajstić information content (AvgIpc) is 3.29. The van der Waals surface area contributed by atoms with Gasteiger partial charge in [-0.3, -0.25) is 0 Å². The molecule has 5 rings (SSSR count). The molecule has 0 amide bonds. The molecule has 3 aromatic rings. The normalized spacial score (nSPS) is 22.0. The van der Waals surface area contributed by atoms with Gasteiger partial charge in [-0.15, -0.1) is 0 Å².